The van der Waals surface area contributed by atoms with Gasteiger partial charge in [-0.2, -0.15) is 0 Å². The molecular weight excluding hydrogens is 236 g/mol. The third-order valence-electron chi connectivity index (χ3n) is 4.16. The van der Waals surface area contributed by atoms with Gasteiger partial charge in [-0.1, -0.05) is 27.7 Å². The van der Waals surface area contributed by atoms with Gasteiger partial charge in [0, 0.05) is 17.7 Å². The fraction of sp³-hybridized carbons (Fsp3) is 0.750. The first-order chi connectivity index (χ1) is 8.85. The molecule has 3 nitrogen and oxygen atoms in total. The third kappa shape index (κ3) is 3.92. The Morgan fingerprint density at radius 1 is 1.37 bits per heavy atom. The highest BCUT2D eigenvalue weighted by Crippen LogP contribution is 2.41. The topological polar surface area (TPSA) is 45.8 Å². The van der Waals surface area contributed by atoms with E-state index in [0.717, 1.165) is 30.8 Å². The molecule has 106 valence electrons. The van der Waals surface area contributed by atoms with E-state index in [4.69, 9.17) is 0 Å². The smallest absolute Gasteiger partial charge is 0.251 e. The van der Waals surface area contributed by atoms with Crippen LogP contribution in [0.5, 0.6) is 0 Å². The Hall–Kier alpha value is -1.12. The molecule has 1 heterocycles. The van der Waals surface area contributed by atoms with Gasteiger partial charge in [-0.3, -0.25) is 4.79 Å². The zero-order chi connectivity index (χ0) is 14.0. The Morgan fingerprint density at radius 3 is 2.58 bits per heavy atom. The molecule has 1 fully saturated rings. The van der Waals surface area contributed by atoms with Crippen LogP contribution in [0.25, 0.3) is 0 Å². The number of nitrogens with one attached hydrogen (secondary N) is 1. The lowest BCUT2D eigenvalue weighted by molar-refractivity contribution is 0.220. The molecule has 3 heteroatoms. The average Bonchev–Trinajstić information content (AvgIpc) is 2.26. The number of rotatable bonds is 3. The first-order valence-electron chi connectivity index (χ1n) is 7.46. The summed E-state index contributed by atoms with van der Waals surface area (Å²) in [5, 5.41) is 0. The molecule has 0 aromatic carbocycles. The maximum absolute atomic E-state index is 11.8. The van der Waals surface area contributed by atoms with Crippen molar-refractivity contribution in [1.82, 2.24) is 9.97 Å². The average molecular weight is 262 g/mol. The van der Waals surface area contributed by atoms with Crippen LogP contribution in [0.4, 0.5) is 0 Å². The Bertz CT molecular complexity index is 478. The summed E-state index contributed by atoms with van der Waals surface area (Å²) in [6, 6.07) is 1.65. The fourth-order valence-electron chi connectivity index (χ4n) is 2.92. The standard InChI is InChI=1S/C16H26N2O/c1-11(2)9-13-10-14(19)18-15(17-13)12-5-7-16(3,4)8-6-12/h10-12H,5-9H2,1-4H3,(H,17,18,19). The van der Waals surface area contributed by atoms with E-state index < -0.39 is 0 Å². The van der Waals surface area contributed by atoms with Crippen molar-refractivity contribution in [2.75, 3.05) is 0 Å². The normalized spacial score (nSPS) is 19.8. The molecule has 1 saturated carbocycles. The molecule has 19 heavy (non-hydrogen) atoms. The highest BCUT2D eigenvalue weighted by molar-refractivity contribution is 5.08. The zero-order valence-electron chi connectivity index (χ0n) is 12.6. The van der Waals surface area contributed by atoms with E-state index in [2.05, 4.69) is 37.7 Å². The highest BCUT2D eigenvalue weighted by atomic mass is 16.1. The van der Waals surface area contributed by atoms with Gasteiger partial charge in [0.25, 0.3) is 5.56 Å². The third-order valence-corrected chi connectivity index (χ3v) is 4.16. The molecular formula is C16H26N2O. The van der Waals surface area contributed by atoms with Gasteiger partial charge in [0.15, 0.2) is 0 Å². The Morgan fingerprint density at radius 2 is 2.00 bits per heavy atom. The van der Waals surface area contributed by atoms with Gasteiger partial charge in [0.1, 0.15) is 5.82 Å². The van der Waals surface area contributed by atoms with Gasteiger partial charge < -0.3 is 4.98 Å². The van der Waals surface area contributed by atoms with Gasteiger partial charge in [0.2, 0.25) is 0 Å². The summed E-state index contributed by atoms with van der Waals surface area (Å²) in [6.07, 6.45) is 5.60. The van der Waals surface area contributed by atoms with Crippen molar-refractivity contribution in [2.24, 2.45) is 11.3 Å². The molecule has 0 amide bonds. The summed E-state index contributed by atoms with van der Waals surface area (Å²) in [4.78, 5) is 19.4. The van der Waals surface area contributed by atoms with Crippen LogP contribution in [0.3, 0.4) is 0 Å². The van der Waals surface area contributed by atoms with Gasteiger partial charge in [-0.05, 0) is 43.4 Å². The summed E-state index contributed by atoms with van der Waals surface area (Å²) < 4.78 is 0. The van der Waals surface area contributed by atoms with Crippen LogP contribution in [-0.2, 0) is 6.42 Å². The minimum absolute atomic E-state index is 0.00508. The van der Waals surface area contributed by atoms with Crippen LogP contribution >= 0.6 is 0 Å². The van der Waals surface area contributed by atoms with Crippen LogP contribution < -0.4 is 5.56 Å². The molecule has 0 aliphatic heterocycles. The van der Waals surface area contributed by atoms with E-state index in [0.29, 0.717) is 17.3 Å². The number of hydrogen-bond acceptors (Lipinski definition) is 2. The zero-order valence-corrected chi connectivity index (χ0v) is 12.6. The minimum Gasteiger partial charge on any atom is -0.310 e. The Balaban J connectivity index is 2.16. The molecule has 0 bridgehead atoms. The number of H-pyrrole nitrogens is 1. The first kappa shape index (κ1) is 14.3. The summed E-state index contributed by atoms with van der Waals surface area (Å²) in [5.74, 6) is 1.89. The molecule has 1 aromatic rings. The first-order valence-corrected chi connectivity index (χ1v) is 7.46. The van der Waals surface area contributed by atoms with E-state index in [1.807, 2.05) is 0 Å². The number of hydrogen-bond donors (Lipinski definition) is 1. The summed E-state index contributed by atoms with van der Waals surface area (Å²) in [6.45, 7) is 8.97. The SMILES string of the molecule is CC(C)Cc1cc(=O)[nH]c(C2CCC(C)(C)CC2)n1. The van der Waals surface area contributed by atoms with E-state index >= 15 is 0 Å². The number of aromatic nitrogens is 2. The fourth-order valence-corrected chi connectivity index (χ4v) is 2.92. The predicted octanol–water partition coefficient (Wildman–Crippen LogP) is 3.65. The lowest BCUT2D eigenvalue weighted by atomic mass is 9.73. The van der Waals surface area contributed by atoms with Gasteiger partial charge in [-0.25, -0.2) is 4.98 Å². The maximum Gasteiger partial charge on any atom is 0.251 e. The number of aromatic amines is 1. The predicted molar refractivity (Wildman–Crippen MR) is 78.4 cm³/mol. The molecule has 1 aliphatic carbocycles. The monoisotopic (exact) mass is 262 g/mol. The van der Waals surface area contributed by atoms with Crippen molar-refractivity contribution < 1.29 is 0 Å². The largest absolute Gasteiger partial charge is 0.310 e. The van der Waals surface area contributed by atoms with Crippen molar-refractivity contribution in [3.8, 4) is 0 Å². The van der Waals surface area contributed by atoms with Crippen molar-refractivity contribution in [2.45, 2.75) is 65.7 Å². The van der Waals surface area contributed by atoms with E-state index in [-0.39, 0.29) is 5.56 Å². The molecule has 0 saturated heterocycles. The maximum atomic E-state index is 11.8. The number of nitrogens with zero attached hydrogens (tertiary/aromatic N) is 1. The minimum atomic E-state index is 0.00508. The molecule has 0 spiro atoms. The lowest BCUT2D eigenvalue weighted by Gasteiger charge is -2.33. The summed E-state index contributed by atoms with van der Waals surface area (Å²) in [5.41, 5.74) is 1.40. The van der Waals surface area contributed by atoms with Crippen molar-refractivity contribution >= 4 is 0 Å². The molecule has 1 aromatic heterocycles. The van der Waals surface area contributed by atoms with Gasteiger partial charge in [-0.15, -0.1) is 0 Å². The molecule has 0 unspecified atom stereocenters. The highest BCUT2D eigenvalue weighted by Gasteiger charge is 2.28. The van der Waals surface area contributed by atoms with Crippen LogP contribution in [0.15, 0.2) is 10.9 Å². The molecule has 0 atom stereocenters. The lowest BCUT2D eigenvalue weighted by Crippen LogP contribution is -2.23. The van der Waals surface area contributed by atoms with Crippen molar-refractivity contribution in [1.29, 1.82) is 0 Å². The molecule has 2 rings (SSSR count). The summed E-state index contributed by atoms with van der Waals surface area (Å²) in [7, 11) is 0. The summed E-state index contributed by atoms with van der Waals surface area (Å²) >= 11 is 0. The Labute approximate surface area is 115 Å². The van der Waals surface area contributed by atoms with Crippen LogP contribution in [0.1, 0.15) is 70.8 Å². The van der Waals surface area contributed by atoms with E-state index in [1.54, 1.807) is 6.07 Å². The van der Waals surface area contributed by atoms with Crippen LogP contribution in [0.2, 0.25) is 0 Å². The van der Waals surface area contributed by atoms with E-state index in [9.17, 15) is 4.79 Å². The second-order valence-corrected chi connectivity index (χ2v) is 7.16. The second kappa shape index (κ2) is 5.48. The quantitative estimate of drug-likeness (QED) is 0.903. The van der Waals surface area contributed by atoms with E-state index in [1.165, 1.54) is 12.8 Å². The van der Waals surface area contributed by atoms with Crippen LogP contribution in [-0.4, -0.2) is 9.97 Å². The van der Waals surface area contributed by atoms with Gasteiger partial charge >= 0.3 is 0 Å². The second-order valence-electron chi connectivity index (χ2n) is 7.16. The molecule has 0 radical (unpaired) electrons. The van der Waals surface area contributed by atoms with Crippen molar-refractivity contribution in [3.63, 3.8) is 0 Å². The molecule has 1 aliphatic rings. The van der Waals surface area contributed by atoms with Crippen molar-refractivity contribution in [3.05, 3.63) is 27.9 Å². The Kier molecular flexibility index (Phi) is 4.12. The van der Waals surface area contributed by atoms with Gasteiger partial charge in [0.05, 0.1) is 0 Å². The van der Waals surface area contributed by atoms with Crippen LogP contribution in [0, 0.1) is 11.3 Å². The molecule has 1 N–H and O–H groups in total.